The van der Waals surface area contributed by atoms with Gasteiger partial charge in [0, 0.05) is 61.0 Å². The van der Waals surface area contributed by atoms with Gasteiger partial charge < -0.3 is 14.0 Å². The van der Waals surface area contributed by atoms with Gasteiger partial charge in [-0.05, 0) is 88.2 Å². The number of hydrogen-bond acceptors (Lipinski definition) is 1. The molecule has 2 aliphatic rings. The highest BCUT2D eigenvalue weighted by Gasteiger charge is 2.41. The number of anilines is 3. The van der Waals surface area contributed by atoms with Crippen molar-refractivity contribution < 1.29 is 0 Å². The fourth-order valence-electron chi connectivity index (χ4n) is 10.5. The first-order chi connectivity index (χ1) is 29.0. The molecule has 0 unspecified atom stereocenters. The molecule has 0 radical (unpaired) electrons. The summed E-state index contributed by atoms with van der Waals surface area (Å²) >= 11 is 0. The fourth-order valence-corrected chi connectivity index (χ4v) is 12.8. The molecule has 12 rings (SSSR count). The SMILES string of the molecule is C[Si](C)(C)c1ccc(N(c2ccc(-c3cc4c5c(c3)-n3c6ccccc6c6cccc(c63)B5c3cccc5c6ccccc6n-4c35)cc2)c2ccc([Si](C)(C)C)cc2)cc1. The summed E-state index contributed by atoms with van der Waals surface area (Å²) < 4.78 is 5.14. The molecule has 6 heteroatoms. The topological polar surface area (TPSA) is 13.1 Å². The number of fused-ring (bicyclic) bond motifs is 10. The molecule has 0 saturated heterocycles. The molecule has 2 aromatic heterocycles. The highest BCUT2D eigenvalue weighted by Crippen LogP contribution is 2.41. The van der Waals surface area contributed by atoms with Gasteiger partial charge in [0.1, 0.15) is 0 Å². The van der Waals surface area contributed by atoms with E-state index in [4.69, 9.17) is 0 Å². The summed E-state index contributed by atoms with van der Waals surface area (Å²) in [6.07, 6.45) is 0. The molecule has 0 spiro atoms. The van der Waals surface area contributed by atoms with Gasteiger partial charge in [-0.15, -0.1) is 0 Å². The molecule has 0 bridgehead atoms. The van der Waals surface area contributed by atoms with Crippen LogP contribution < -0.4 is 31.7 Å². The van der Waals surface area contributed by atoms with Gasteiger partial charge in [-0.2, -0.15) is 0 Å². The summed E-state index contributed by atoms with van der Waals surface area (Å²) in [4.78, 5) is 2.42. The molecule has 2 aliphatic heterocycles. The minimum atomic E-state index is -1.45. The van der Waals surface area contributed by atoms with Gasteiger partial charge in [0.2, 0.25) is 0 Å². The Labute approximate surface area is 354 Å². The zero-order valence-electron chi connectivity index (χ0n) is 35.1. The largest absolute Gasteiger partial charge is 0.311 e. The lowest BCUT2D eigenvalue weighted by Gasteiger charge is -2.34. The molecule has 8 aromatic carbocycles. The fraction of sp³-hybridized carbons (Fsp3) is 0.111. The quantitative estimate of drug-likeness (QED) is 0.153. The van der Waals surface area contributed by atoms with Crippen LogP contribution >= 0.6 is 0 Å². The molecule has 10 aromatic rings. The van der Waals surface area contributed by atoms with Gasteiger partial charge in [-0.3, -0.25) is 0 Å². The second-order valence-corrected chi connectivity index (χ2v) is 29.2. The Morgan fingerprint density at radius 3 is 1.23 bits per heavy atom. The van der Waals surface area contributed by atoms with Gasteiger partial charge in [-0.1, -0.05) is 159 Å². The number of aromatic nitrogens is 2. The highest BCUT2D eigenvalue weighted by molar-refractivity contribution is 7.00. The van der Waals surface area contributed by atoms with Crippen LogP contribution in [-0.4, -0.2) is 32.0 Å². The van der Waals surface area contributed by atoms with Crippen LogP contribution in [0.15, 0.2) is 170 Å². The maximum absolute atomic E-state index is 2.57. The Kier molecular flexibility index (Phi) is 7.47. The summed E-state index contributed by atoms with van der Waals surface area (Å²) in [6, 6.07) is 64.8. The Morgan fingerprint density at radius 2 is 0.800 bits per heavy atom. The van der Waals surface area contributed by atoms with E-state index in [1.54, 1.807) is 0 Å². The lowest BCUT2D eigenvalue weighted by Crippen LogP contribution is -2.59. The number of hydrogen-bond donors (Lipinski definition) is 0. The first kappa shape index (κ1) is 35.6. The standard InChI is InChI=1S/C54H46BN3Si2/c1-59(2,3)40-29-25-38(26-30-40)56(39-27-31-41(32-28-39)60(4,5)6)37-23-21-35(22-24-37)36-33-50-52-51(34-36)58-49-20-10-8-14-43(49)45-16-12-18-47(54(45)58)55(52)46-17-11-15-44-42-13-7-9-19-48(42)57(50)53(44)46/h7-34H,1-6H3. The number of benzene rings is 8. The van der Waals surface area contributed by atoms with Gasteiger partial charge in [0.05, 0.1) is 27.2 Å². The highest BCUT2D eigenvalue weighted by atomic mass is 28.3. The van der Waals surface area contributed by atoms with Crippen molar-refractivity contribution in [1.82, 2.24) is 9.13 Å². The predicted octanol–water partition coefficient (Wildman–Crippen LogP) is 11.3. The van der Waals surface area contributed by atoms with E-state index in [-0.39, 0.29) is 6.71 Å². The summed E-state index contributed by atoms with van der Waals surface area (Å²) in [5, 5.41) is 8.18. The van der Waals surface area contributed by atoms with E-state index in [9.17, 15) is 0 Å². The number of rotatable bonds is 6. The maximum Gasteiger partial charge on any atom is 0.252 e. The summed E-state index contributed by atoms with van der Waals surface area (Å²) in [6.45, 7) is 14.6. The Hall–Kier alpha value is -6.34. The smallest absolute Gasteiger partial charge is 0.252 e. The monoisotopic (exact) mass is 803 g/mol. The molecule has 0 amide bonds. The zero-order chi connectivity index (χ0) is 40.7. The first-order valence-electron chi connectivity index (χ1n) is 21.4. The lowest BCUT2D eigenvalue weighted by molar-refractivity contribution is 1.14. The summed E-state index contributed by atoms with van der Waals surface area (Å²) in [7, 11) is -2.90. The van der Waals surface area contributed by atoms with E-state index in [1.807, 2.05) is 0 Å². The molecule has 60 heavy (non-hydrogen) atoms. The van der Waals surface area contributed by atoms with Gasteiger partial charge in [-0.25, -0.2) is 0 Å². The van der Waals surface area contributed by atoms with Crippen molar-refractivity contribution in [2.24, 2.45) is 0 Å². The van der Waals surface area contributed by atoms with Gasteiger partial charge >= 0.3 is 0 Å². The van der Waals surface area contributed by atoms with E-state index in [0.717, 1.165) is 5.69 Å². The van der Waals surface area contributed by atoms with Crippen LogP contribution in [0.3, 0.4) is 0 Å². The van der Waals surface area contributed by atoms with Crippen LogP contribution in [0.1, 0.15) is 0 Å². The minimum Gasteiger partial charge on any atom is -0.311 e. The molecule has 0 fully saturated rings. The first-order valence-corrected chi connectivity index (χ1v) is 28.4. The van der Waals surface area contributed by atoms with Crippen LogP contribution in [-0.2, 0) is 0 Å². The molecule has 3 nitrogen and oxygen atoms in total. The van der Waals surface area contributed by atoms with E-state index >= 15 is 0 Å². The molecular formula is C54H46BN3Si2. The average molecular weight is 804 g/mol. The molecule has 0 saturated carbocycles. The van der Waals surface area contributed by atoms with Gasteiger partial charge in [0.15, 0.2) is 0 Å². The Morgan fingerprint density at radius 1 is 0.400 bits per heavy atom. The van der Waals surface area contributed by atoms with E-state index in [0.29, 0.717) is 0 Å². The maximum atomic E-state index is 2.57. The predicted molar refractivity (Wildman–Crippen MR) is 266 cm³/mol. The second kappa shape index (κ2) is 12.6. The van der Waals surface area contributed by atoms with Crippen molar-refractivity contribution >= 4 is 110 Å². The minimum absolute atomic E-state index is 0.126. The number of nitrogens with zero attached hydrogens (tertiary/aromatic N) is 3. The van der Waals surface area contributed by atoms with Crippen LogP contribution in [0.4, 0.5) is 17.1 Å². The molecule has 0 aliphatic carbocycles. The average Bonchev–Trinajstić information content (AvgIpc) is 3.78. The van der Waals surface area contributed by atoms with E-state index in [2.05, 4.69) is 223 Å². The summed E-state index contributed by atoms with van der Waals surface area (Å²) in [5.41, 5.74) is 17.8. The Bertz CT molecular complexity index is 3180. The van der Waals surface area contributed by atoms with Crippen LogP contribution in [0, 0.1) is 0 Å². The normalized spacial score (nSPS) is 13.1. The zero-order valence-corrected chi connectivity index (χ0v) is 37.1. The molecule has 0 atom stereocenters. The second-order valence-electron chi connectivity index (χ2n) is 19.0. The van der Waals surface area contributed by atoms with Crippen molar-refractivity contribution in [3.8, 4) is 22.5 Å². The third-order valence-electron chi connectivity index (χ3n) is 13.4. The van der Waals surface area contributed by atoms with Crippen molar-refractivity contribution in [1.29, 1.82) is 0 Å². The third-order valence-corrected chi connectivity index (χ3v) is 17.6. The van der Waals surface area contributed by atoms with Crippen LogP contribution in [0.5, 0.6) is 0 Å². The molecule has 288 valence electrons. The van der Waals surface area contributed by atoms with Gasteiger partial charge in [0.25, 0.3) is 6.71 Å². The van der Waals surface area contributed by atoms with Crippen LogP contribution in [0.25, 0.3) is 66.1 Å². The molecule has 0 N–H and O–H groups in total. The van der Waals surface area contributed by atoms with Crippen molar-refractivity contribution in [3.63, 3.8) is 0 Å². The molecular weight excluding hydrogens is 758 g/mol. The van der Waals surface area contributed by atoms with Crippen molar-refractivity contribution in [3.05, 3.63) is 170 Å². The molecule has 4 heterocycles. The number of para-hydroxylation sites is 4. The van der Waals surface area contributed by atoms with Crippen LogP contribution in [0.2, 0.25) is 39.3 Å². The Balaban J connectivity index is 1.08. The van der Waals surface area contributed by atoms with Crippen molar-refractivity contribution in [2.45, 2.75) is 39.3 Å². The third kappa shape index (κ3) is 5.07. The van der Waals surface area contributed by atoms with E-state index < -0.39 is 16.1 Å². The van der Waals surface area contributed by atoms with Crippen molar-refractivity contribution in [2.75, 3.05) is 4.90 Å². The van der Waals surface area contributed by atoms with E-state index in [1.165, 1.54) is 104 Å². The lowest BCUT2D eigenvalue weighted by atomic mass is 9.34. The summed E-state index contributed by atoms with van der Waals surface area (Å²) in [5.74, 6) is 0.